The number of carbonyl (C=O) groups is 2. The van der Waals surface area contributed by atoms with Crippen molar-refractivity contribution in [3.8, 4) is 0 Å². The second kappa shape index (κ2) is 8.73. The van der Waals surface area contributed by atoms with Gasteiger partial charge in [-0.2, -0.15) is 0 Å². The standard InChI is InChI=1S/C15H24N4O2S/c1-12(14-16-8-11-22-14)18-15(21)17-7-6-13(20)19-9-4-2-3-5-10-19/h8,11-12H,2-7,9-10H2,1H3,(H2,17,18,21). The molecule has 3 amide bonds. The number of nitrogens with one attached hydrogen (secondary N) is 2. The largest absolute Gasteiger partial charge is 0.343 e. The van der Waals surface area contributed by atoms with Crippen LogP contribution in [-0.2, 0) is 4.79 Å². The number of hydrogen-bond acceptors (Lipinski definition) is 4. The van der Waals surface area contributed by atoms with Gasteiger partial charge >= 0.3 is 6.03 Å². The Kier molecular flexibility index (Phi) is 6.64. The Morgan fingerprint density at radius 3 is 2.68 bits per heavy atom. The third kappa shape index (κ3) is 5.29. The summed E-state index contributed by atoms with van der Waals surface area (Å²) in [5.41, 5.74) is 0. The molecule has 1 atom stereocenters. The number of aromatic nitrogens is 1. The average Bonchev–Trinajstić information content (AvgIpc) is 2.90. The number of likely N-dealkylation sites (tertiary alicyclic amines) is 1. The van der Waals surface area contributed by atoms with E-state index in [-0.39, 0.29) is 18.0 Å². The lowest BCUT2D eigenvalue weighted by Crippen LogP contribution is -2.40. The van der Waals surface area contributed by atoms with Crippen LogP contribution in [0.25, 0.3) is 0 Å². The molecule has 1 aliphatic rings. The molecular formula is C15H24N4O2S. The van der Waals surface area contributed by atoms with Crippen LogP contribution in [0.4, 0.5) is 4.79 Å². The van der Waals surface area contributed by atoms with E-state index in [0.717, 1.165) is 30.9 Å². The predicted octanol–water partition coefficient (Wildman–Crippen LogP) is 2.30. The van der Waals surface area contributed by atoms with Crippen LogP contribution in [0.3, 0.4) is 0 Å². The number of urea groups is 1. The van der Waals surface area contributed by atoms with E-state index in [0.29, 0.717) is 13.0 Å². The molecule has 0 saturated carbocycles. The molecule has 1 fully saturated rings. The second-order valence-electron chi connectivity index (χ2n) is 5.54. The van der Waals surface area contributed by atoms with Crippen LogP contribution >= 0.6 is 11.3 Å². The van der Waals surface area contributed by atoms with E-state index in [1.165, 1.54) is 24.2 Å². The lowest BCUT2D eigenvalue weighted by Gasteiger charge is -2.20. The highest BCUT2D eigenvalue weighted by molar-refractivity contribution is 7.09. The van der Waals surface area contributed by atoms with Crippen LogP contribution in [0.2, 0.25) is 0 Å². The van der Waals surface area contributed by atoms with E-state index in [4.69, 9.17) is 0 Å². The zero-order valence-electron chi connectivity index (χ0n) is 13.0. The van der Waals surface area contributed by atoms with Gasteiger partial charge in [-0.1, -0.05) is 12.8 Å². The van der Waals surface area contributed by atoms with Gasteiger partial charge in [-0.25, -0.2) is 9.78 Å². The van der Waals surface area contributed by atoms with Gasteiger partial charge in [0.1, 0.15) is 5.01 Å². The summed E-state index contributed by atoms with van der Waals surface area (Å²) in [6.07, 6.45) is 6.67. The fraction of sp³-hybridized carbons (Fsp3) is 0.667. The Balaban J connectivity index is 1.64. The van der Waals surface area contributed by atoms with Gasteiger partial charge in [0.15, 0.2) is 0 Å². The summed E-state index contributed by atoms with van der Waals surface area (Å²) in [4.78, 5) is 30.0. The molecule has 0 bridgehead atoms. The maximum Gasteiger partial charge on any atom is 0.315 e. The van der Waals surface area contributed by atoms with E-state index in [2.05, 4.69) is 15.6 Å². The number of nitrogens with zero attached hydrogens (tertiary/aromatic N) is 2. The minimum Gasteiger partial charge on any atom is -0.343 e. The topological polar surface area (TPSA) is 74.3 Å². The highest BCUT2D eigenvalue weighted by Crippen LogP contribution is 2.14. The molecule has 2 N–H and O–H groups in total. The molecule has 2 rings (SSSR count). The van der Waals surface area contributed by atoms with Crippen molar-refractivity contribution in [2.24, 2.45) is 0 Å². The second-order valence-corrected chi connectivity index (χ2v) is 6.46. The molecule has 1 saturated heterocycles. The Morgan fingerprint density at radius 2 is 2.05 bits per heavy atom. The zero-order valence-corrected chi connectivity index (χ0v) is 13.8. The molecule has 1 unspecified atom stereocenters. The Bertz CT molecular complexity index is 470. The van der Waals surface area contributed by atoms with Gasteiger partial charge in [0, 0.05) is 37.6 Å². The lowest BCUT2D eigenvalue weighted by molar-refractivity contribution is -0.131. The van der Waals surface area contributed by atoms with Gasteiger partial charge in [-0.15, -0.1) is 11.3 Å². The number of carbonyl (C=O) groups excluding carboxylic acids is 2. The molecule has 122 valence electrons. The van der Waals surface area contributed by atoms with Crippen molar-refractivity contribution < 1.29 is 9.59 Å². The first-order valence-electron chi connectivity index (χ1n) is 7.88. The van der Waals surface area contributed by atoms with Gasteiger partial charge in [0.2, 0.25) is 5.91 Å². The molecule has 1 aliphatic heterocycles. The van der Waals surface area contributed by atoms with Gasteiger partial charge in [-0.05, 0) is 19.8 Å². The number of hydrogen-bond donors (Lipinski definition) is 2. The Morgan fingerprint density at radius 1 is 1.32 bits per heavy atom. The molecule has 0 spiro atoms. The summed E-state index contributed by atoms with van der Waals surface area (Å²) >= 11 is 1.51. The van der Waals surface area contributed by atoms with Crippen molar-refractivity contribution in [2.45, 2.75) is 45.1 Å². The van der Waals surface area contributed by atoms with Crippen molar-refractivity contribution in [2.75, 3.05) is 19.6 Å². The maximum absolute atomic E-state index is 12.1. The summed E-state index contributed by atoms with van der Waals surface area (Å²) in [6, 6.07) is -0.382. The molecule has 2 heterocycles. The molecule has 0 aromatic carbocycles. The molecule has 22 heavy (non-hydrogen) atoms. The van der Waals surface area contributed by atoms with Crippen LogP contribution in [0, 0.1) is 0 Å². The molecule has 7 heteroatoms. The Labute approximate surface area is 135 Å². The highest BCUT2D eigenvalue weighted by atomic mass is 32.1. The summed E-state index contributed by atoms with van der Waals surface area (Å²) in [6.45, 7) is 3.96. The minimum atomic E-state index is -0.258. The monoisotopic (exact) mass is 324 g/mol. The maximum atomic E-state index is 12.1. The van der Waals surface area contributed by atoms with Gasteiger partial charge < -0.3 is 15.5 Å². The summed E-state index contributed by atoms with van der Waals surface area (Å²) < 4.78 is 0. The first-order valence-corrected chi connectivity index (χ1v) is 8.76. The zero-order chi connectivity index (χ0) is 15.8. The summed E-state index contributed by atoms with van der Waals surface area (Å²) in [7, 11) is 0. The van der Waals surface area contributed by atoms with Crippen molar-refractivity contribution >= 4 is 23.3 Å². The fourth-order valence-corrected chi connectivity index (χ4v) is 3.16. The van der Waals surface area contributed by atoms with Gasteiger partial charge in [-0.3, -0.25) is 4.79 Å². The highest BCUT2D eigenvalue weighted by Gasteiger charge is 2.16. The number of thiazole rings is 1. The minimum absolute atomic E-state index is 0.124. The van der Waals surface area contributed by atoms with Crippen LogP contribution in [0.15, 0.2) is 11.6 Å². The van der Waals surface area contributed by atoms with E-state index in [1.807, 2.05) is 17.2 Å². The van der Waals surface area contributed by atoms with Crippen LogP contribution in [-0.4, -0.2) is 41.5 Å². The van der Waals surface area contributed by atoms with Gasteiger partial charge in [0.05, 0.1) is 6.04 Å². The number of rotatable bonds is 5. The lowest BCUT2D eigenvalue weighted by atomic mass is 10.2. The molecule has 0 aliphatic carbocycles. The number of amides is 3. The first-order chi connectivity index (χ1) is 10.7. The van der Waals surface area contributed by atoms with E-state index in [9.17, 15) is 9.59 Å². The third-order valence-corrected chi connectivity index (χ3v) is 4.71. The van der Waals surface area contributed by atoms with Crippen molar-refractivity contribution in [1.82, 2.24) is 20.5 Å². The summed E-state index contributed by atoms with van der Waals surface area (Å²) in [5, 5.41) is 8.31. The predicted molar refractivity (Wildman–Crippen MR) is 86.7 cm³/mol. The van der Waals surface area contributed by atoms with E-state index >= 15 is 0 Å². The molecule has 1 aromatic heterocycles. The van der Waals surface area contributed by atoms with E-state index in [1.54, 1.807) is 6.20 Å². The van der Waals surface area contributed by atoms with E-state index < -0.39 is 0 Å². The van der Waals surface area contributed by atoms with Crippen molar-refractivity contribution in [3.63, 3.8) is 0 Å². The smallest absolute Gasteiger partial charge is 0.315 e. The molecule has 0 radical (unpaired) electrons. The quantitative estimate of drug-likeness (QED) is 0.873. The first kappa shape index (κ1) is 16.7. The molecule has 1 aromatic rings. The average molecular weight is 324 g/mol. The Hall–Kier alpha value is -1.63. The fourth-order valence-electron chi connectivity index (χ4n) is 2.52. The summed E-state index contributed by atoms with van der Waals surface area (Å²) in [5.74, 6) is 0.134. The van der Waals surface area contributed by atoms with Crippen LogP contribution < -0.4 is 10.6 Å². The van der Waals surface area contributed by atoms with Crippen LogP contribution in [0.1, 0.15) is 50.1 Å². The van der Waals surface area contributed by atoms with Crippen LogP contribution in [0.5, 0.6) is 0 Å². The third-order valence-electron chi connectivity index (χ3n) is 3.75. The van der Waals surface area contributed by atoms with Crippen molar-refractivity contribution in [1.29, 1.82) is 0 Å². The normalized spacial score (nSPS) is 16.7. The molecular weight excluding hydrogens is 300 g/mol. The SMILES string of the molecule is CC(NC(=O)NCCC(=O)N1CCCCCC1)c1nccs1. The van der Waals surface area contributed by atoms with Crippen molar-refractivity contribution in [3.05, 3.63) is 16.6 Å². The van der Waals surface area contributed by atoms with Gasteiger partial charge in [0.25, 0.3) is 0 Å². The molecule has 6 nitrogen and oxygen atoms in total.